The number of benzene rings is 1. The van der Waals surface area contributed by atoms with Crippen LogP contribution in [0.3, 0.4) is 0 Å². The Balaban J connectivity index is 1.94. The summed E-state index contributed by atoms with van der Waals surface area (Å²) < 4.78 is 0. The number of carbonyl (C=O) groups is 1. The molecule has 0 bridgehead atoms. The molecule has 0 unspecified atom stereocenters. The van der Waals surface area contributed by atoms with Crippen molar-refractivity contribution in [3.63, 3.8) is 0 Å². The van der Waals surface area contributed by atoms with E-state index in [-0.39, 0.29) is 18.6 Å². The maximum Gasteiger partial charge on any atom is 0.237 e. The Bertz CT molecular complexity index is 581. The van der Waals surface area contributed by atoms with Crippen molar-refractivity contribution in [2.24, 2.45) is 11.8 Å². The fourth-order valence-corrected chi connectivity index (χ4v) is 4.10. The quantitative estimate of drug-likeness (QED) is 0.484. The number of aliphatic hydroxyl groups excluding tert-OH is 2. The first-order chi connectivity index (χ1) is 13.0. The molecule has 1 aromatic carbocycles. The van der Waals surface area contributed by atoms with E-state index in [4.69, 9.17) is 0 Å². The Kier molecular flexibility index (Phi) is 9.09. The SMILES string of the molecule is CC[C@H](C)C[C@@H]1CCN[C@H](C(=O)N[C@@H](CO)[C@@H](O)c2ccc(SC)cc2)C1. The molecule has 1 amide bonds. The van der Waals surface area contributed by atoms with Gasteiger partial charge in [-0.15, -0.1) is 11.8 Å². The van der Waals surface area contributed by atoms with Gasteiger partial charge in [0.15, 0.2) is 0 Å². The van der Waals surface area contributed by atoms with Crippen LogP contribution in [0.5, 0.6) is 0 Å². The largest absolute Gasteiger partial charge is 0.394 e. The van der Waals surface area contributed by atoms with Crippen LogP contribution in [0.4, 0.5) is 0 Å². The van der Waals surface area contributed by atoms with E-state index < -0.39 is 12.1 Å². The van der Waals surface area contributed by atoms with Gasteiger partial charge in [-0.25, -0.2) is 0 Å². The molecule has 5 atom stereocenters. The normalized spacial score (nSPS) is 23.4. The molecular formula is C21H34N2O3S. The van der Waals surface area contributed by atoms with Crippen LogP contribution in [0.2, 0.25) is 0 Å². The minimum absolute atomic E-state index is 0.136. The summed E-state index contributed by atoms with van der Waals surface area (Å²) in [5, 5.41) is 26.4. The Morgan fingerprint density at radius 2 is 2.07 bits per heavy atom. The van der Waals surface area contributed by atoms with E-state index in [0.29, 0.717) is 17.4 Å². The molecule has 0 aliphatic carbocycles. The first-order valence-electron chi connectivity index (χ1n) is 9.95. The lowest BCUT2D eigenvalue weighted by Crippen LogP contribution is -2.53. The zero-order valence-electron chi connectivity index (χ0n) is 16.6. The lowest BCUT2D eigenvalue weighted by atomic mass is 9.84. The molecule has 0 radical (unpaired) electrons. The molecule has 0 spiro atoms. The fraction of sp³-hybridized carbons (Fsp3) is 0.667. The molecular weight excluding hydrogens is 360 g/mol. The molecule has 1 aliphatic heterocycles. The van der Waals surface area contributed by atoms with Crippen molar-refractivity contribution in [1.82, 2.24) is 10.6 Å². The predicted molar refractivity (Wildman–Crippen MR) is 111 cm³/mol. The topological polar surface area (TPSA) is 81.6 Å². The van der Waals surface area contributed by atoms with E-state index >= 15 is 0 Å². The first kappa shape index (κ1) is 22.2. The number of aliphatic hydroxyl groups is 2. The number of hydrogen-bond donors (Lipinski definition) is 4. The highest BCUT2D eigenvalue weighted by atomic mass is 32.2. The molecule has 6 heteroatoms. The maximum absolute atomic E-state index is 12.7. The Labute approximate surface area is 167 Å². The summed E-state index contributed by atoms with van der Waals surface area (Å²) in [6.45, 7) is 4.99. The third-order valence-electron chi connectivity index (χ3n) is 5.62. The molecule has 1 aromatic rings. The van der Waals surface area contributed by atoms with Crippen LogP contribution >= 0.6 is 11.8 Å². The van der Waals surface area contributed by atoms with E-state index in [2.05, 4.69) is 24.5 Å². The van der Waals surface area contributed by atoms with Crippen molar-refractivity contribution < 1.29 is 15.0 Å². The molecule has 152 valence electrons. The average molecular weight is 395 g/mol. The van der Waals surface area contributed by atoms with Crippen molar-refractivity contribution in [3.05, 3.63) is 29.8 Å². The van der Waals surface area contributed by atoms with Crippen LogP contribution in [0.15, 0.2) is 29.2 Å². The smallest absolute Gasteiger partial charge is 0.237 e. The number of piperidine rings is 1. The number of nitrogens with one attached hydrogen (secondary N) is 2. The summed E-state index contributed by atoms with van der Waals surface area (Å²) in [7, 11) is 0. The number of amides is 1. The Hall–Kier alpha value is -1.08. The van der Waals surface area contributed by atoms with Gasteiger partial charge in [0, 0.05) is 4.90 Å². The summed E-state index contributed by atoms with van der Waals surface area (Å²) in [6, 6.07) is 6.57. The average Bonchev–Trinajstić information content (AvgIpc) is 2.71. The number of carbonyl (C=O) groups excluding carboxylic acids is 1. The number of thioether (sulfide) groups is 1. The molecule has 1 fully saturated rings. The van der Waals surface area contributed by atoms with Crippen LogP contribution in [0.25, 0.3) is 0 Å². The van der Waals surface area contributed by atoms with E-state index in [1.165, 1.54) is 0 Å². The minimum atomic E-state index is -0.936. The van der Waals surface area contributed by atoms with Crippen LogP contribution in [-0.2, 0) is 4.79 Å². The van der Waals surface area contributed by atoms with Crippen LogP contribution in [0.1, 0.15) is 51.2 Å². The standard InChI is InChI=1S/C21H34N2O3S/c1-4-14(2)11-15-9-10-22-18(12-15)21(26)23-19(13-24)20(25)16-5-7-17(27-3)8-6-16/h5-8,14-15,18-20,22,24-25H,4,9-13H2,1-3H3,(H,23,26)/t14-,15-,18-,19-,20-/m0/s1. The van der Waals surface area contributed by atoms with Crippen molar-refractivity contribution in [1.29, 1.82) is 0 Å². The van der Waals surface area contributed by atoms with Gasteiger partial charge in [0.25, 0.3) is 0 Å². The van der Waals surface area contributed by atoms with Gasteiger partial charge < -0.3 is 20.8 Å². The van der Waals surface area contributed by atoms with Gasteiger partial charge in [-0.05, 0) is 61.6 Å². The minimum Gasteiger partial charge on any atom is -0.394 e. The van der Waals surface area contributed by atoms with E-state index in [9.17, 15) is 15.0 Å². The summed E-state index contributed by atoms with van der Waals surface area (Å²) in [5.41, 5.74) is 0.693. The zero-order valence-corrected chi connectivity index (χ0v) is 17.5. The second-order valence-corrected chi connectivity index (χ2v) is 8.54. The molecule has 1 heterocycles. The van der Waals surface area contributed by atoms with Crippen molar-refractivity contribution in [2.45, 2.75) is 62.6 Å². The van der Waals surface area contributed by atoms with E-state index in [1.807, 2.05) is 30.5 Å². The maximum atomic E-state index is 12.7. The van der Waals surface area contributed by atoms with Crippen molar-refractivity contribution >= 4 is 17.7 Å². The predicted octanol–water partition coefficient (Wildman–Crippen LogP) is 2.72. The van der Waals surface area contributed by atoms with Gasteiger partial charge in [0.1, 0.15) is 6.10 Å². The molecule has 5 nitrogen and oxygen atoms in total. The molecule has 0 aromatic heterocycles. The molecule has 4 N–H and O–H groups in total. The van der Waals surface area contributed by atoms with Gasteiger partial charge in [-0.1, -0.05) is 32.4 Å². The Morgan fingerprint density at radius 1 is 1.37 bits per heavy atom. The van der Waals surface area contributed by atoms with Crippen molar-refractivity contribution in [2.75, 3.05) is 19.4 Å². The summed E-state index contributed by atoms with van der Waals surface area (Å²) in [5.74, 6) is 1.09. The van der Waals surface area contributed by atoms with Crippen LogP contribution in [-0.4, -0.2) is 47.6 Å². The number of hydrogen-bond acceptors (Lipinski definition) is 5. The van der Waals surface area contributed by atoms with Crippen LogP contribution < -0.4 is 10.6 Å². The third-order valence-corrected chi connectivity index (χ3v) is 6.37. The summed E-state index contributed by atoms with van der Waals surface area (Å²) in [4.78, 5) is 13.8. The van der Waals surface area contributed by atoms with Gasteiger partial charge in [0.2, 0.25) is 5.91 Å². The lowest BCUT2D eigenvalue weighted by molar-refractivity contribution is -0.126. The third kappa shape index (κ3) is 6.49. The highest BCUT2D eigenvalue weighted by Gasteiger charge is 2.30. The molecule has 1 aliphatic rings. The van der Waals surface area contributed by atoms with Gasteiger partial charge in [0.05, 0.1) is 18.7 Å². The van der Waals surface area contributed by atoms with Gasteiger partial charge in [-0.2, -0.15) is 0 Å². The highest BCUT2D eigenvalue weighted by Crippen LogP contribution is 2.26. The lowest BCUT2D eigenvalue weighted by Gasteiger charge is -2.32. The number of rotatable bonds is 9. The van der Waals surface area contributed by atoms with E-state index in [1.54, 1.807) is 11.8 Å². The van der Waals surface area contributed by atoms with Crippen LogP contribution in [0, 0.1) is 11.8 Å². The Morgan fingerprint density at radius 3 is 2.67 bits per heavy atom. The second-order valence-electron chi connectivity index (χ2n) is 7.66. The monoisotopic (exact) mass is 394 g/mol. The van der Waals surface area contributed by atoms with Gasteiger partial charge >= 0.3 is 0 Å². The summed E-state index contributed by atoms with van der Waals surface area (Å²) >= 11 is 1.63. The molecule has 0 saturated carbocycles. The molecule has 27 heavy (non-hydrogen) atoms. The first-order valence-corrected chi connectivity index (χ1v) is 11.2. The molecule has 1 saturated heterocycles. The summed E-state index contributed by atoms with van der Waals surface area (Å²) in [6.07, 6.45) is 5.28. The van der Waals surface area contributed by atoms with E-state index in [0.717, 1.165) is 37.1 Å². The fourth-order valence-electron chi connectivity index (χ4n) is 3.69. The zero-order chi connectivity index (χ0) is 19.8. The van der Waals surface area contributed by atoms with Crippen molar-refractivity contribution in [3.8, 4) is 0 Å². The molecule has 2 rings (SSSR count). The second kappa shape index (κ2) is 11.1. The van der Waals surface area contributed by atoms with Gasteiger partial charge in [-0.3, -0.25) is 4.79 Å². The highest BCUT2D eigenvalue weighted by molar-refractivity contribution is 7.98.